The number of piperidine rings is 1. The van der Waals surface area contributed by atoms with E-state index in [9.17, 15) is 13.6 Å². The zero-order chi connectivity index (χ0) is 35.0. The van der Waals surface area contributed by atoms with Crippen LogP contribution >= 0.6 is 0 Å². The molecular formula is C36H50F2N4O4. The number of carbonyl (C=O) groups is 2. The second-order valence-corrected chi connectivity index (χ2v) is 12.0. The molecule has 1 aliphatic carbocycles. The van der Waals surface area contributed by atoms with Gasteiger partial charge in [0.25, 0.3) is 6.47 Å². The summed E-state index contributed by atoms with van der Waals surface area (Å²) < 4.78 is 33.0. The van der Waals surface area contributed by atoms with Gasteiger partial charge >= 0.3 is 0 Å². The fourth-order valence-electron chi connectivity index (χ4n) is 5.80. The number of fused-ring (bicyclic) bond motifs is 1. The molecule has 2 saturated heterocycles. The van der Waals surface area contributed by atoms with E-state index in [2.05, 4.69) is 49.0 Å². The van der Waals surface area contributed by atoms with Crippen LogP contribution in [0.5, 0.6) is 0 Å². The van der Waals surface area contributed by atoms with Crippen LogP contribution in [-0.4, -0.2) is 75.4 Å². The number of ether oxygens (including phenoxy) is 1. The molecule has 8 nitrogen and oxygen atoms in total. The Morgan fingerprint density at radius 1 is 1.17 bits per heavy atom. The first-order valence-corrected chi connectivity index (χ1v) is 15.2. The summed E-state index contributed by atoms with van der Waals surface area (Å²) >= 11 is 0. The number of benzene rings is 2. The molecule has 2 heterocycles. The number of carboxylic acid groups (broad SMARTS) is 1. The Hall–Kier alpha value is -3.91. The number of hydrogen-bond donors (Lipinski definition) is 3. The van der Waals surface area contributed by atoms with E-state index in [-0.39, 0.29) is 18.6 Å². The molecule has 4 N–H and O–H groups in total. The van der Waals surface area contributed by atoms with E-state index < -0.39 is 11.6 Å². The predicted molar refractivity (Wildman–Crippen MR) is 182 cm³/mol. The van der Waals surface area contributed by atoms with Gasteiger partial charge in [0.1, 0.15) is 0 Å². The molecule has 3 aliphatic rings. The quantitative estimate of drug-likeness (QED) is 0.157. The number of allylic oxidation sites excluding steroid dienone is 1. The van der Waals surface area contributed by atoms with E-state index in [0.717, 1.165) is 34.1 Å². The summed E-state index contributed by atoms with van der Waals surface area (Å²) in [4.78, 5) is 25.0. The largest absolute Gasteiger partial charge is 0.483 e. The van der Waals surface area contributed by atoms with Crippen molar-refractivity contribution >= 4 is 19.0 Å². The smallest absolute Gasteiger partial charge is 0.290 e. The second-order valence-electron chi connectivity index (χ2n) is 12.0. The lowest BCUT2D eigenvalue weighted by molar-refractivity contribution is -0.122. The molecule has 0 spiro atoms. The average Bonchev–Trinajstić information content (AvgIpc) is 3.28. The van der Waals surface area contributed by atoms with Gasteiger partial charge in [0.15, 0.2) is 17.9 Å². The minimum atomic E-state index is -0.793. The van der Waals surface area contributed by atoms with Crippen molar-refractivity contribution in [1.29, 1.82) is 0 Å². The minimum Gasteiger partial charge on any atom is -0.483 e. The Kier molecular flexibility index (Phi) is 17.1. The van der Waals surface area contributed by atoms with Crippen LogP contribution in [0.1, 0.15) is 49.9 Å². The van der Waals surface area contributed by atoms with E-state index in [1.54, 1.807) is 13.1 Å². The van der Waals surface area contributed by atoms with Gasteiger partial charge in [0.05, 0.1) is 19.3 Å². The van der Waals surface area contributed by atoms with Crippen molar-refractivity contribution in [3.8, 4) is 24.0 Å². The summed E-state index contributed by atoms with van der Waals surface area (Å²) in [6.45, 7) is 14.4. The van der Waals surface area contributed by atoms with Crippen molar-refractivity contribution in [2.75, 3.05) is 40.4 Å². The maximum absolute atomic E-state index is 14.1. The topological polar surface area (TPSA) is 117 Å². The van der Waals surface area contributed by atoms with Crippen molar-refractivity contribution in [2.45, 2.75) is 53.1 Å². The number of nitrogens with zero attached hydrogens (tertiary/aromatic N) is 2. The van der Waals surface area contributed by atoms with Gasteiger partial charge in [-0.25, -0.2) is 8.78 Å². The highest BCUT2D eigenvalue weighted by Gasteiger charge is 2.61. The molecule has 0 aromatic heterocycles. The third-order valence-electron chi connectivity index (χ3n) is 8.65. The van der Waals surface area contributed by atoms with Crippen LogP contribution in [0.4, 0.5) is 8.78 Å². The Morgan fingerprint density at radius 3 is 2.11 bits per heavy atom. The lowest BCUT2D eigenvalue weighted by Crippen LogP contribution is -2.31. The number of terminal acetylenes is 1. The molecule has 0 bridgehead atoms. The molecular weight excluding hydrogens is 590 g/mol. The van der Waals surface area contributed by atoms with Crippen molar-refractivity contribution in [3.05, 3.63) is 70.4 Å². The standard InChI is InChI=1S/C18H21F2N.C8H15N.C7H10N2O2.C2H2.CH2O2/c1-5-16(21-4)14-9-13(10-15(19)18(14)20)17-11(2)7-6-8-12(17)3;1-8(2)6-4-9(3)5-7(6)8;8-1-6(3-10)2-9-7-4-11-5-7;1-2;2-1-3/h6-10,16,21H,5H2,1-4H3;6-7H,4-5H2,1-3H3;1-3,7H,4-5,8H2;1-2H;1H,(H,2,3)/b;;6-1+,9-2?;;. The summed E-state index contributed by atoms with van der Waals surface area (Å²) in [6.07, 6.45) is 12.1. The number of aldehydes is 1. The molecule has 0 radical (unpaired) electrons. The number of aliphatic imine (C=N–C) groups is 1. The SMILES string of the molecule is C#C.CCC(NC)c1cc(-c2c(C)cccc2C)cc(F)c1F.CN1CC2C(C1)C2(C)C.N/C=C(/C=O)C=NC1COC1.O=CO. The lowest BCUT2D eigenvalue weighted by Gasteiger charge is -2.21. The van der Waals surface area contributed by atoms with Gasteiger partial charge < -0.3 is 25.8 Å². The number of halogens is 2. The molecule has 5 rings (SSSR count). The molecule has 2 aromatic rings. The molecule has 10 heteroatoms. The normalized spacial score (nSPS) is 20.0. The van der Waals surface area contributed by atoms with Crippen LogP contribution in [0.3, 0.4) is 0 Å². The summed E-state index contributed by atoms with van der Waals surface area (Å²) in [7, 11) is 3.99. The molecule has 3 unspecified atom stereocenters. The Morgan fingerprint density at radius 2 is 1.72 bits per heavy atom. The van der Waals surface area contributed by atoms with Crippen molar-refractivity contribution in [1.82, 2.24) is 10.2 Å². The Bertz CT molecular complexity index is 1320. The molecule has 0 amide bonds. The first kappa shape index (κ1) is 40.1. The van der Waals surface area contributed by atoms with E-state index in [1.807, 2.05) is 39.0 Å². The number of carbonyl (C=O) groups excluding carboxylic acids is 1. The monoisotopic (exact) mass is 640 g/mol. The van der Waals surface area contributed by atoms with E-state index >= 15 is 0 Å². The van der Waals surface area contributed by atoms with Gasteiger partial charge in [0, 0.05) is 42.7 Å². The number of nitrogens with two attached hydrogens (primary N) is 1. The zero-order valence-corrected chi connectivity index (χ0v) is 28.1. The fraction of sp³-hybridized carbons (Fsp3) is 0.472. The van der Waals surface area contributed by atoms with Crippen LogP contribution in [0.15, 0.2) is 47.1 Å². The first-order valence-electron chi connectivity index (χ1n) is 15.2. The van der Waals surface area contributed by atoms with Gasteiger partial charge in [-0.3, -0.25) is 14.6 Å². The number of nitrogens with one attached hydrogen (secondary N) is 1. The average molecular weight is 641 g/mol. The van der Waals surface area contributed by atoms with E-state index in [4.69, 9.17) is 20.4 Å². The molecule has 2 aromatic carbocycles. The number of hydrogen-bond acceptors (Lipinski definition) is 7. The fourth-order valence-corrected chi connectivity index (χ4v) is 5.80. The van der Waals surface area contributed by atoms with Gasteiger partial charge in [-0.05, 0) is 86.0 Å². The van der Waals surface area contributed by atoms with Gasteiger partial charge in [0.2, 0.25) is 0 Å². The van der Waals surface area contributed by atoms with Gasteiger partial charge in [-0.2, -0.15) is 0 Å². The highest BCUT2D eigenvalue weighted by molar-refractivity contribution is 6.01. The van der Waals surface area contributed by atoms with E-state index in [1.165, 1.54) is 31.6 Å². The highest BCUT2D eigenvalue weighted by atomic mass is 19.2. The van der Waals surface area contributed by atoms with E-state index in [0.29, 0.717) is 42.5 Å². The third-order valence-corrected chi connectivity index (χ3v) is 8.65. The van der Waals surface area contributed by atoms with Gasteiger partial charge in [-0.15, -0.1) is 12.8 Å². The predicted octanol–water partition coefficient (Wildman–Crippen LogP) is 5.57. The molecule has 2 aliphatic heterocycles. The van der Waals surface area contributed by atoms with Crippen molar-refractivity contribution < 1.29 is 28.2 Å². The Labute approximate surface area is 273 Å². The molecule has 3 atom stereocenters. The number of aryl methyl sites for hydroxylation is 2. The van der Waals surface area contributed by atoms with Crippen LogP contribution in [0.25, 0.3) is 11.1 Å². The van der Waals surface area contributed by atoms with Gasteiger partial charge in [-0.1, -0.05) is 39.0 Å². The molecule has 3 fully saturated rings. The van der Waals surface area contributed by atoms with Crippen molar-refractivity contribution in [2.24, 2.45) is 28.0 Å². The third kappa shape index (κ3) is 10.9. The number of rotatable bonds is 7. The molecule has 1 saturated carbocycles. The summed E-state index contributed by atoms with van der Waals surface area (Å²) in [5.74, 6) is 0.509. The van der Waals surface area contributed by atoms with Crippen LogP contribution < -0.4 is 11.1 Å². The maximum Gasteiger partial charge on any atom is 0.290 e. The minimum absolute atomic E-state index is 0.191. The summed E-state index contributed by atoms with van der Waals surface area (Å²) in [6, 6.07) is 9.01. The number of likely N-dealkylation sites (tertiary alicyclic amines) is 1. The maximum atomic E-state index is 14.1. The summed E-state index contributed by atoms with van der Waals surface area (Å²) in [5.41, 5.74) is 10.4. The lowest BCUT2D eigenvalue weighted by atomic mass is 9.92. The van der Waals surface area contributed by atoms with Crippen LogP contribution in [0, 0.1) is 55.6 Å². The zero-order valence-electron chi connectivity index (χ0n) is 28.1. The highest BCUT2D eigenvalue weighted by Crippen LogP contribution is 2.61. The summed E-state index contributed by atoms with van der Waals surface area (Å²) in [5, 5.41) is 9.93. The first-order chi connectivity index (χ1) is 21.9. The van der Waals surface area contributed by atoms with Crippen LogP contribution in [0.2, 0.25) is 0 Å². The molecule has 46 heavy (non-hydrogen) atoms. The molecule has 252 valence electrons. The van der Waals surface area contributed by atoms with Crippen LogP contribution in [-0.2, 0) is 14.3 Å². The second kappa shape index (κ2) is 19.6. The Balaban J connectivity index is 0.000000353. The van der Waals surface area contributed by atoms with Crippen molar-refractivity contribution in [3.63, 3.8) is 0 Å².